The van der Waals surface area contributed by atoms with Crippen LogP contribution in [0.1, 0.15) is 49.8 Å². The maximum atomic E-state index is 4.16. The van der Waals surface area contributed by atoms with Gasteiger partial charge < -0.3 is 5.32 Å². The van der Waals surface area contributed by atoms with E-state index in [0.717, 1.165) is 5.92 Å². The zero-order valence-electron chi connectivity index (χ0n) is 12.7. The van der Waals surface area contributed by atoms with Crippen LogP contribution >= 0.6 is 0 Å². The van der Waals surface area contributed by atoms with Crippen LogP contribution in [0.15, 0.2) is 54.9 Å². The molecule has 21 heavy (non-hydrogen) atoms. The van der Waals surface area contributed by atoms with Crippen LogP contribution in [0.2, 0.25) is 0 Å². The van der Waals surface area contributed by atoms with Crippen molar-refractivity contribution in [1.82, 2.24) is 10.3 Å². The molecule has 1 aromatic heterocycles. The lowest BCUT2D eigenvalue weighted by molar-refractivity contribution is 0.268. The number of nitrogens with zero attached hydrogens (tertiary/aromatic N) is 1. The molecule has 2 heteroatoms. The second-order valence-electron chi connectivity index (χ2n) is 6.16. The van der Waals surface area contributed by atoms with E-state index >= 15 is 0 Å². The zero-order valence-corrected chi connectivity index (χ0v) is 12.7. The Labute approximate surface area is 127 Å². The Balaban J connectivity index is 1.86. The van der Waals surface area contributed by atoms with E-state index in [1.165, 1.54) is 36.8 Å². The van der Waals surface area contributed by atoms with E-state index in [-0.39, 0.29) is 6.04 Å². The number of aromatic nitrogens is 1. The van der Waals surface area contributed by atoms with Gasteiger partial charge in [-0.25, -0.2) is 0 Å². The van der Waals surface area contributed by atoms with Crippen LogP contribution < -0.4 is 5.32 Å². The topological polar surface area (TPSA) is 24.9 Å². The summed E-state index contributed by atoms with van der Waals surface area (Å²) in [6.07, 6.45) is 9.13. The van der Waals surface area contributed by atoms with E-state index in [9.17, 15) is 0 Å². The van der Waals surface area contributed by atoms with Gasteiger partial charge in [-0.15, -0.1) is 0 Å². The van der Waals surface area contributed by atoms with Gasteiger partial charge in [-0.3, -0.25) is 4.98 Å². The zero-order chi connectivity index (χ0) is 14.5. The lowest BCUT2D eigenvalue weighted by atomic mass is 9.84. The molecule has 0 radical (unpaired) electrons. The summed E-state index contributed by atoms with van der Waals surface area (Å²) in [7, 11) is 0. The maximum Gasteiger partial charge on any atom is 0.0580 e. The van der Waals surface area contributed by atoms with Crippen molar-refractivity contribution >= 4 is 0 Å². The molecule has 1 N–H and O–H groups in total. The van der Waals surface area contributed by atoms with Gasteiger partial charge in [0.2, 0.25) is 0 Å². The molecule has 3 unspecified atom stereocenters. The predicted molar refractivity (Wildman–Crippen MR) is 87.1 cm³/mol. The Hall–Kier alpha value is -1.67. The van der Waals surface area contributed by atoms with Crippen LogP contribution in [0.4, 0.5) is 0 Å². The van der Waals surface area contributed by atoms with E-state index in [4.69, 9.17) is 0 Å². The van der Waals surface area contributed by atoms with Crippen molar-refractivity contribution < 1.29 is 0 Å². The maximum absolute atomic E-state index is 4.16. The molecule has 0 saturated heterocycles. The summed E-state index contributed by atoms with van der Waals surface area (Å²) >= 11 is 0. The quantitative estimate of drug-likeness (QED) is 0.901. The van der Waals surface area contributed by atoms with Crippen molar-refractivity contribution in [1.29, 1.82) is 0 Å². The first-order valence-electron chi connectivity index (χ1n) is 8.05. The smallest absolute Gasteiger partial charge is 0.0580 e. The van der Waals surface area contributed by atoms with Crippen molar-refractivity contribution in [3.8, 4) is 0 Å². The van der Waals surface area contributed by atoms with E-state index in [1.807, 2.05) is 12.4 Å². The third-order valence-electron chi connectivity index (χ3n) is 4.66. The largest absolute Gasteiger partial charge is 0.303 e. The first-order chi connectivity index (χ1) is 10.3. The number of rotatable bonds is 4. The molecule has 3 rings (SSSR count). The van der Waals surface area contributed by atoms with Crippen molar-refractivity contribution in [3.05, 3.63) is 66.0 Å². The van der Waals surface area contributed by atoms with E-state index in [0.29, 0.717) is 6.04 Å². The molecule has 3 atom stereocenters. The molecular weight excluding hydrogens is 256 g/mol. The lowest BCUT2D eigenvalue weighted by Gasteiger charge is -2.33. The minimum absolute atomic E-state index is 0.264. The molecule has 110 valence electrons. The van der Waals surface area contributed by atoms with Crippen LogP contribution in [0, 0.1) is 5.92 Å². The highest BCUT2D eigenvalue weighted by Crippen LogP contribution is 2.29. The number of hydrogen-bond acceptors (Lipinski definition) is 2. The Kier molecular flexibility index (Phi) is 4.66. The van der Waals surface area contributed by atoms with Gasteiger partial charge in [-0.2, -0.15) is 0 Å². The Morgan fingerprint density at radius 1 is 0.952 bits per heavy atom. The number of nitrogens with one attached hydrogen (secondary N) is 1. The highest BCUT2D eigenvalue weighted by Gasteiger charge is 2.25. The Bertz CT molecular complexity index is 499. The Morgan fingerprint density at radius 3 is 2.33 bits per heavy atom. The van der Waals surface area contributed by atoms with Gasteiger partial charge in [0.05, 0.1) is 6.04 Å². The van der Waals surface area contributed by atoms with Crippen molar-refractivity contribution in [2.24, 2.45) is 5.92 Å². The van der Waals surface area contributed by atoms with E-state index in [2.05, 4.69) is 59.7 Å². The fourth-order valence-electron chi connectivity index (χ4n) is 3.36. The van der Waals surface area contributed by atoms with Crippen LogP contribution in [-0.4, -0.2) is 11.0 Å². The molecular formula is C19H24N2. The van der Waals surface area contributed by atoms with E-state index < -0.39 is 0 Å². The molecule has 0 bridgehead atoms. The van der Waals surface area contributed by atoms with Gasteiger partial charge in [0.25, 0.3) is 0 Å². The van der Waals surface area contributed by atoms with E-state index in [1.54, 1.807) is 0 Å². The summed E-state index contributed by atoms with van der Waals surface area (Å²) < 4.78 is 0. The highest BCUT2D eigenvalue weighted by atomic mass is 15.0. The van der Waals surface area contributed by atoms with Crippen molar-refractivity contribution in [2.75, 3.05) is 0 Å². The summed E-state index contributed by atoms with van der Waals surface area (Å²) in [4.78, 5) is 4.16. The van der Waals surface area contributed by atoms with Crippen LogP contribution in [0.5, 0.6) is 0 Å². The number of benzene rings is 1. The average Bonchev–Trinajstić information content (AvgIpc) is 2.56. The fourth-order valence-corrected chi connectivity index (χ4v) is 3.36. The van der Waals surface area contributed by atoms with Crippen molar-refractivity contribution in [2.45, 2.75) is 44.7 Å². The standard InChI is InChI=1S/C19H24N2/c1-15-7-5-6-10-18(15)21-19(16-8-3-2-4-9-16)17-11-13-20-14-12-17/h2-4,8-9,11-15,18-19,21H,5-7,10H2,1H3. The predicted octanol–water partition coefficient (Wildman–Crippen LogP) is 4.34. The average molecular weight is 280 g/mol. The van der Waals surface area contributed by atoms with Crippen LogP contribution in [0.3, 0.4) is 0 Å². The molecule has 1 fully saturated rings. The third kappa shape index (κ3) is 3.51. The summed E-state index contributed by atoms with van der Waals surface area (Å²) in [5.41, 5.74) is 2.63. The minimum Gasteiger partial charge on any atom is -0.303 e. The third-order valence-corrected chi connectivity index (χ3v) is 4.66. The molecule has 0 aliphatic heterocycles. The first-order valence-corrected chi connectivity index (χ1v) is 8.05. The van der Waals surface area contributed by atoms with Gasteiger partial charge in [-0.1, -0.05) is 50.1 Å². The molecule has 1 aromatic carbocycles. The molecule has 0 spiro atoms. The molecule has 2 nitrogen and oxygen atoms in total. The summed E-state index contributed by atoms with van der Waals surface area (Å²) in [6, 6.07) is 15.9. The van der Waals surface area contributed by atoms with Gasteiger partial charge in [0.15, 0.2) is 0 Å². The number of hydrogen-bond donors (Lipinski definition) is 1. The summed E-state index contributed by atoms with van der Waals surface area (Å²) in [6.45, 7) is 2.38. The monoisotopic (exact) mass is 280 g/mol. The molecule has 1 saturated carbocycles. The second kappa shape index (κ2) is 6.86. The lowest BCUT2D eigenvalue weighted by Crippen LogP contribution is -2.40. The molecule has 1 heterocycles. The normalized spacial score (nSPS) is 23.7. The first kappa shape index (κ1) is 14.3. The van der Waals surface area contributed by atoms with Gasteiger partial charge in [0, 0.05) is 18.4 Å². The summed E-state index contributed by atoms with van der Waals surface area (Å²) in [5, 5.41) is 3.91. The van der Waals surface area contributed by atoms with Gasteiger partial charge in [0.1, 0.15) is 0 Å². The molecule has 1 aliphatic rings. The SMILES string of the molecule is CC1CCCCC1NC(c1ccccc1)c1ccncc1. The van der Waals surface area contributed by atoms with Crippen LogP contribution in [0.25, 0.3) is 0 Å². The molecule has 1 aliphatic carbocycles. The number of pyridine rings is 1. The Morgan fingerprint density at radius 2 is 1.62 bits per heavy atom. The minimum atomic E-state index is 0.264. The highest BCUT2D eigenvalue weighted by molar-refractivity contribution is 5.30. The second-order valence-corrected chi connectivity index (χ2v) is 6.16. The van der Waals surface area contributed by atoms with Gasteiger partial charge >= 0.3 is 0 Å². The van der Waals surface area contributed by atoms with Crippen molar-refractivity contribution in [3.63, 3.8) is 0 Å². The summed E-state index contributed by atoms with van der Waals surface area (Å²) in [5.74, 6) is 0.756. The molecule has 0 amide bonds. The molecule has 2 aromatic rings. The van der Waals surface area contributed by atoms with Gasteiger partial charge in [-0.05, 0) is 42.0 Å². The van der Waals surface area contributed by atoms with Crippen LogP contribution in [-0.2, 0) is 0 Å². The fraction of sp³-hybridized carbons (Fsp3) is 0.421.